The Morgan fingerprint density at radius 2 is 2.12 bits per heavy atom. The van der Waals surface area contributed by atoms with Crippen LogP contribution in [-0.4, -0.2) is 24.2 Å². The van der Waals surface area contributed by atoms with Gasteiger partial charge in [0.25, 0.3) is 5.91 Å². The van der Waals surface area contributed by atoms with Crippen molar-refractivity contribution in [3.63, 3.8) is 0 Å². The van der Waals surface area contributed by atoms with Crippen LogP contribution in [0, 0.1) is 0 Å². The highest BCUT2D eigenvalue weighted by molar-refractivity contribution is 7.16. The number of allylic oxidation sites excluding steroid dienone is 1. The lowest BCUT2D eigenvalue weighted by atomic mass is 10.2. The second-order valence-corrected chi connectivity index (χ2v) is 6.47. The molecule has 0 saturated heterocycles. The van der Waals surface area contributed by atoms with Gasteiger partial charge < -0.3 is 14.0 Å². The fraction of sp³-hybridized carbons (Fsp3) is 0.200. The molecule has 6 heteroatoms. The Hall–Kier alpha value is -2.86. The van der Waals surface area contributed by atoms with E-state index in [1.807, 2.05) is 35.8 Å². The van der Waals surface area contributed by atoms with Crippen molar-refractivity contribution < 1.29 is 14.3 Å². The number of aromatic nitrogens is 1. The average molecular weight is 368 g/mol. The minimum atomic E-state index is -0.336. The highest BCUT2D eigenvalue weighted by Crippen LogP contribution is 2.24. The molecule has 0 bridgehead atoms. The van der Waals surface area contributed by atoms with Gasteiger partial charge in [-0.2, -0.15) is 4.99 Å². The molecule has 1 heterocycles. The topological polar surface area (TPSA) is 52.8 Å². The van der Waals surface area contributed by atoms with Crippen molar-refractivity contribution in [2.24, 2.45) is 4.99 Å². The molecule has 134 valence electrons. The largest absolute Gasteiger partial charge is 0.496 e. The maximum Gasteiger partial charge on any atom is 0.283 e. The van der Waals surface area contributed by atoms with Gasteiger partial charge >= 0.3 is 0 Å². The standard InChI is InChI=1S/C20H20N2O3S/c1-4-12-22-16-11-10-14(25-5-2)13-18(16)26-20(22)21-19(23)15-8-6-7-9-17(15)24-3/h4,6-11,13H,1,5,12H2,2-3H3. The zero-order valence-corrected chi connectivity index (χ0v) is 15.6. The van der Waals surface area contributed by atoms with E-state index in [2.05, 4.69) is 11.6 Å². The van der Waals surface area contributed by atoms with Crippen molar-refractivity contribution >= 4 is 27.5 Å². The summed E-state index contributed by atoms with van der Waals surface area (Å²) < 4.78 is 13.8. The molecular weight excluding hydrogens is 348 g/mol. The maximum absolute atomic E-state index is 12.7. The first-order valence-electron chi connectivity index (χ1n) is 8.27. The number of carbonyl (C=O) groups is 1. The number of thiazole rings is 1. The number of para-hydroxylation sites is 1. The van der Waals surface area contributed by atoms with Gasteiger partial charge in [0.2, 0.25) is 0 Å². The van der Waals surface area contributed by atoms with Crippen molar-refractivity contribution in [2.75, 3.05) is 13.7 Å². The third-order valence-electron chi connectivity index (χ3n) is 3.81. The van der Waals surface area contributed by atoms with Crippen molar-refractivity contribution in [3.8, 4) is 11.5 Å². The van der Waals surface area contributed by atoms with Crippen LogP contribution < -0.4 is 14.3 Å². The second kappa shape index (κ2) is 8.01. The second-order valence-electron chi connectivity index (χ2n) is 5.46. The van der Waals surface area contributed by atoms with Gasteiger partial charge in [0.1, 0.15) is 11.5 Å². The molecule has 26 heavy (non-hydrogen) atoms. The number of methoxy groups -OCH3 is 1. The summed E-state index contributed by atoms with van der Waals surface area (Å²) >= 11 is 1.45. The van der Waals surface area contributed by atoms with Crippen molar-refractivity contribution in [1.82, 2.24) is 4.57 Å². The molecule has 1 amide bonds. The Morgan fingerprint density at radius 1 is 1.31 bits per heavy atom. The highest BCUT2D eigenvalue weighted by Gasteiger charge is 2.13. The fourth-order valence-corrected chi connectivity index (χ4v) is 3.74. The number of hydrogen-bond donors (Lipinski definition) is 0. The number of nitrogens with zero attached hydrogens (tertiary/aromatic N) is 2. The summed E-state index contributed by atoms with van der Waals surface area (Å²) in [5.74, 6) is 0.975. The molecule has 3 aromatic rings. The lowest BCUT2D eigenvalue weighted by Crippen LogP contribution is -2.16. The molecule has 5 nitrogen and oxygen atoms in total. The zero-order chi connectivity index (χ0) is 18.5. The van der Waals surface area contributed by atoms with Crippen molar-refractivity contribution in [1.29, 1.82) is 0 Å². The number of benzene rings is 2. The van der Waals surface area contributed by atoms with Gasteiger partial charge in [-0.05, 0) is 37.3 Å². The van der Waals surface area contributed by atoms with Gasteiger partial charge in [0, 0.05) is 6.54 Å². The Bertz CT molecular complexity index is 1020. The lowest BCUT2D eigenvalue weighted by Gasteiger charge is -2.05. The molecule has 3 rings (SSSR count). The SMILES string of the molecule is C=CCn1c(=NC(=O)c2ccccc2OC)sc2cc(OCC)ccc21. The van der Waals surface area contributed by atoms with Crippen LogP contribution in [0.5, 0.6) is 11.5 Å². The van der Waals surface area contributed by atoms with E-state index in [0.29, 0.717) is 29.3 Å². The summed E-state index contributed by atoms with van der Waals surface area (Å²) in [6, 6.07) is 12.9. The maximum atomic E-state index is 12.7. The molecule has 0 N–H and O–H groups in total. The van der Waals surface area contributed by atoms with Gasteiger partial charge in [0.05, 0.1) is 29.5 Å². The van der Waals surface area contributed by atoms with Crippen LogP contribution in [0.4, 0.5) is 0 Å². The first-order chi connectivity index (χ1) is 12.7. The number of amides is 1. The Balaban J connectivity index is 2.13. The van der Waals surface area contributed by atoms with E-state index in [-0.39, 0.29) is 5.91 Å². The molecule has 0 saturated carbocycles. The smallest absolute Gasteiger partial charge is 0.283 e. The van der Waals surface area contributed by atoms with Crippen LogP contribution in [0.1, 0.15) is 17.3 Å². The quantitative estimate of drug-likeness (QED) is 0.617. The van der Waals surface area contributed by atoms with E-state index in [0.717, 1.165) is 16.0 Å². The van der Waals surface area contributed by atoms with Crippen LogP contribution in [0.15, 0.2) is 60.1 Å². The van der Waals surface area contributed by atoms with Crippen LogP contribution in [0.25, 0.3) is 10.2 Å². The molecule has 0 atom stereocenters. The monoisotopic (exact) mass is 368 g/mol. The number of carbonyl (C=O) groups excluding carboxylic acids is 1. The van der Waals surface area contributed by atoms with Crippen LogP contribution in [0.3, 0.4) is 0 Å². The van der Waals surface area contributed by atoms with E-state index in [9.17, 15) is 4.79 Å². The van der Waals surface area contributed by atoms with Gasteiger partial charge in [-0.3, -0.25) is 4.79 Å². The molecule has 1 aromatic heterocycles. The summed E-state index contributed by atoms with van der Waals surface area (Å²) in [7, 11) is 1.54. The Kier molecular flexibility index (Phi) is 5.53. The van der Waals surface area contributed by atoms with Gasteiger partial charge in [-0.1, -0.05) is 29.5 Å². The number of fused-ring (bicyclic) bond motifs is 1. The summed E-state index contributed by atoms with van der Waals surface area (Å²) in [6.45, 7) is 6.92. The van der Waals surface area contributed by atoms with E-state index in [4.69, 9.17) is 9.47 Å². The summed E-state index contributed by atoms with van der Waals surface area (Å²) in [5, 5.41) is 0. The molecule has 0 unspecified atom stereocenters. The predicted octanol–water partition coefficient (Wildman–Crippen LogP) is 4.04. The molecule has 0 fully saturated rings. The number of ether oxygens (including phenoxy) is 2. The normalized spacial score (nSPS) is 11.5. The Labute approximate surface area is 155 Å². The average Bonchev–Trinajstić information content (AvgIpc) is 2.98. The minimum absolute atomic E-state index is 0.336. The van der Waals surface area contributed by atoms with E-state index < -0.39 is 0 Å². The molecule has 0 aliphatic carbocycles. The van der Waals surface area contributed by atoms with Crippen LogP contribution in [0.2, 0.25) is 0 Å². The highest BCUT2D eigenvalue weighted by atomic mass is 32.1. The molecular formula is C20H20N2O3S. The van der Waals surface area contributed by atoms with Gasteiger partial charge in [-0.25, -0.2) is 0 Å². The number of rotatable bonds is 6. The van der Waals surface area contributed by atoms with Crippen LogP contribution >= 0.6 is 11.3 Å². The van der Waals surface area contributed by atoms with Crippen LogP contribution in [-0.2, 0) is 6.54 Å². The minimum Gasteiger partial charge on any atom is -0.496 e. The molecule has 0 radical (unpaired) electrons. The van der Waals surface area contributed by atoms with Gasteiger partial charge in [0.15, 0.2) is 4.80 Å². The first kappa shape index (κ1) is 17.9. The molecule has 0 aliphatic heterocycles. The first-order valence-corrected chi connectivity index (χ1v) is 9.08. The molecule has 2 aromatic carbocycles. The summed E-state index contributed by atoms with van der Waals surface area (Å²) in [6.07, 6.45) is 1.79. The molecule has 0 spiro atoms. The third-order valence-corrected chi connectivity index (χ3v) is 4.85. The van der Waals surface area contributed by atoms with Crippen molar-refractivity contribution in [2.45, 2.75) is 13.5 Å². The van der Waals surface area contributed by atoms with E-state index in [1.54, 1.807) is 31.4 Å². The summed E-state index contributed by atoms with van der Waals surface area (Å²) in [4.78, 5) is 17.7. The zero-order valence-electron chi connectivity index (χ0n) is 14.8. The fourth-order valence-electron chi connectivity index (χ4n) is 2.67. The predicted molar refractivity (Wildman–Crippen MR) is 104 cm³/mol. The van der Waals surface area contributed by atoms with Crippen molar-refractivity contribution in [3.05, 3.63) is 65.5 Å². The lowest BCUT2D eigenvalue weighted by molar-refractivity contribution is 0.0995. The number of hydrogen-bond acceptors (Lipinski definition) is 4. The molecule has 0 aliphatic rings. The van der Waals surface area contributed by atoms with E-state index >= 15 is 0 Å². The van der Waals surface area contributed by atoms with Gasteiger partial charge in [-0.15, -0.1) is 6.58 Å². The Morgan fingerprint density at radius 3 is 2.85 bits per heavy atom. The summed E-state index contributed by atoms with van der Waals surface area (Å²) in [5.41, 5.74) is 1.43. The van der Waals surface area contributed by atoms with E-state index in [1.165, 1.54) is 11.3 Å². The third kappa shape index (κ3) is 3.55.